The van der Waals surface area contributed by atoms with Gasteiger partial charge in [0.2, 0.25) is 6.79 Å². The normalized spacial score (nSPS) is 29.0. The monoisotopic (exact) mass is 326 g/mol. The Morgan fingerprint density at radius 2 is 2.10 bits per heavy atom. The van der Waals surface area contributed by atoms with Crippen LogP contribution in [0.15, 0.2) is 18.2 Å². The van der Waals surface area contributed by atoms with Gasteiger partial charge < -0.3 is 14.4 Å². The number of rotatable bonds is 2. The summed E-state index contributed by atoms with van der Waals surface area (Å²) >= 11 is 1.37. The Morgan fingerprint density at radius 3 is 2.95 bits per heavy atom. The van der Waals surface area contributed by atoms with Crippen LogP contribution in [0.2, 0.25) is 0 Å². The van der Waals surface area contributed by atoms with Crippen LogP contribution in [-0.4, -0.2) is 48.1 Å². The number of thioether (sulfide) groups is 1. The quantitative estimate of drug-likeness (QED) is 0.875. The van der Waals surface area contributed by atoms with E-state index in [0.717, 1.165) is 11.3 Å². The van der Waals surface area contributed by atoms with Crippen LogP contribution in [0, 0.1) is 5.41 Å². The van der Waals surface area contributed by atoms with Crippen molar-refractivity contribution in [2.75, 3.05) is 18.3 Å². The average Bonchev–Trinajstić information content (AvgIpc) is 3.05. The average molecular weight is 326 g/mol. The molecule has 6 nitrogen and oxygen atoms in total. The first-order chi connectivity index (χ1) is 10.0. The van der Waals surface area contributed by atoms with Crippen molar-refractivity contribution in [3.05, 3.63) is 23.8 Å². The standard InChI is InChI=1S/C13H14N2O4S2/c14-13-15(9-5-21(16,17)6-12(9)20-13)4-8-1-2-10-11(3-8)19-7-18-10/h1-3,9,12,14H,4-7H2/t9-,12-/m1/s1. The molecule has 3 aliphatic rings. The van der Waals surface area contributed by atoms with Crippen molar-refractivity contribution in [1.29, 1.82) is 5.41 Å². The van der Waals surface area contributed by atoms with Gasteiger partial charge in [0.15, 0.2) is 26.5 Å². The predicted molar refractivity (Wildman–Crippen MR) is 79.7 cm³/mol. The molecule has 0 saturated carbocycles. The topological polar surface area (TPSA) is 79.7 Å². The van der Waals surface area contributed by atoms with Gasteiger partial charge in [0, 0.05) is 11.8 Å². The first kappa shape index (κ1) is 13.3. The molecule has 2 saturated heterocycles. The number of amidine groups is 1. The number of ether oxygens (including phenoxy) is 2. The number of hydrogen-bond donors (Lipinski definition) is 1. The molecule has 4 rings (SSSR count). The Hall–Kier alpha value is -1.41. The van der Waals surface area contributed by atoms with E-state index in [1.807, 2.05) is 23.1 Å². The van der Waals surface area contributed by atoms with Crippen molar-refractivity contribution >= 4 is 26.8 Å². The number of sulfone groups is 1. The minimum atomic E-state index is -2.97. The number of fused-ring (bicyclic) bond motifs is 2. The summed E-state index contributed by atoms with van der Waals surface area (Å²) in [4.78, 5) is 1.89. The van der Waals surface area contributed by atoms with E-state index in [1.165, 1.54) is 11.8 Å². The second-order valence-corrected chi connectivity index (χ2v) is 8.80. The molecule has 0 aliphatic carbocycles. The maximum Gasteiger partial charge on any atom is 0.231 e. The smallest absolute Gasteiger partial charge is 0.231 e. The molecule has 1 N–H and O–H groups in total. The summed E-state index contributed by atoms with van der Waals surface area (Å²) in [6, 6.07) is 5.60. The molecular weight excluding hydrogens is 312 g/mol. The third-order valence-corrected chi connectivity index (χ3v) is 7.15. The SMILES string of the molecule is N=C1S[C@@H]2CS(=O)(=O)C[C@H]2N1Cc1ccc2c(c1)OCO2. The maximum absolute atomic E-state index is 11.8. The van der Waals surface area contributed by atoms with Crippen molar-refractivity contribution in [3.8, 4) is 11.5 Å². The number of nitrogens with one attached hydrogen (secondary N) is 1. The zero-order valence-corrected chi connectivity index (χ0v) is 12.7. The lowest BCUT2D eigenvalue weighted by atomic mass is 10.1. The first-order valence-electron chi connectivity index (χ1n) is 6.63. The lowest BCUT2D eigenvalue weighted by molar-refractivity contribution is 0.174. The van der Waals surface area contributed by atoms with Crippen LogP contribution in [0.4, 0.5) is 0 Å². The van der Waals surface area contributed by atoms with Crippen molar-refractivity contribution < 1.29 is 17.9 Å². The second-order valence-electron chi connectivity index (χ2n) is 5.42. The van der Waals surface area contributed by atoms with Crippen molar-refractivity contribution in [2.24, 2.45) is 0 Å². The van der Waals surface area contributed by atoms with Gasteiger partial charge in [-0.25, -0.2) is 8.42 Å². The number of nitrogens with zero attached hydrogens (tertiary/aromatic N) is 1. The van der Waals surface area contributed by atoms with Crippen LogP contribution in [0.1, 0.15) is 5.56 Å². The van der Waals surface area contributed by atoms with E-state index in [0.29, 0.717) is 17.5 Å². The van der Waals surface area contributed by atoms with E-state index < -0.39 is 9.84 Å². The fraction of sp³-hybridized carbons (Fsp3) is 0.462. The first-order valence-corrected chi connectivity index (χ1v) is 9.33. The van der Waals surface area contributed by atoms with Crippen LogP contribution < -0.4 is 9.47 Å². The van der Waals surface area contributed by atoms with Gasteiger partial charge in [-0.2, -0.15) is 0 Å². The third kappa shape index (κ3) is 2.26. The molecule has 0 amide bonds. The van der Waals surface area contributed by atoms with E-state index in [2.05, 4.69) is 0 Å². The molecule has 21 heavy (non-hydrogen) atoms. The molecule has 0 spiro atoms. The van der Waals surface area contributed by atoms with E-state index in [-0.39, 0.29) is 29.6 Å². The van der Waals surface area contributed by atoms with Crippen LogP contribution in [0.3, 0.4) is 0 Å². The number of benzene rings is 1. The van der Waals surface area contributed by atoms with Gasteiger partial charge in [-0.1, -0.05) is 17.8 Å². The second kappa shape index (κ2) is 4.54. The summed E-state index contributed by atoms with van der Waals surface area (Å²) in [7, 11) is -2.97. The Labute approximate surface area is 126 Å². The fourth-order valence-corrected chi connectivity index (χ4v) is 6.82. The van der Waals surface area contributed by atoms with E-state index >= 15 is 0 Å². The highest BCUT2D eigenvalue weighted by Gasteiger charge is 2.48. The molecule has 3 aliphatic heterocycles. The molecular formula is C13H14N2O4S2. The molecule has 1 aromatic rings. The fourth-order valence-electron chi connectivity index (χ4n) is 2.99. The minimum Gasteiger partial charge on any atom is -0.454 e. The Morgan fingerprint density at radius 1 is 1.29 bits per heavy atom. The summed E-state index contributed by atoms with van der Waals surface area (Å²) in [5.74, 6) is 1.77. The molecule has 2 atom stereocenters. The summed E-state index contributed by atoms with van der Waals surface area (Å²) < 4.78 is 34.1. The Balaban J connectivity index is 1.57. The summed E-state index contributed by atoms with van der Waals surface area (Å²) in [6.07, 6.45) is 0. The largest absolute Gasteiger partial charge is 0.454 e. The Kier molecular flexibility index (Phi) is 2.87. The van der Waals surface area contributed by atoms with Gasteiger partial charge in [0.05, 0.1) is 17.5 Å². The van der Waals surface area contributed by atoms with E-state index in [9.17, 15) is 8.42 Å². The molecule has 0 bridgehead atoms. The van der Waals surface area contributed by atoms with Gasteiger partial charge >= 0.3 is 0 Å². The minimum absolute atomic E-state index is 0.00323. The zero-order chi connectivity index (χ0) is 14.6. The third-order valence-electron chi connectivity index (χ3n) is 3.99. The molecule has 0 radical (unpaired) electrons. The van der Waals surface area contributed by atoms with Gasteiger partial charge in [0.1, 0.15) is 0 Å². The lowest BCUT2D eigenvalue weighted by Gasteiger charge is -2.23. The predicted octanol–water partition coefficient (Wildman–Crippen LogP) is 1.06. The molecule has 2 fully saturated rings. The van der Waals surface area contributed by atoms with Crippen LogP contribution in [-0.2, 0) is 16.4 Å². The molecule has 8 heteroatoms. The highest BCUT2D eigenvalue weighted by atomic mass is 32.2. The maximum atomic E-state index is 11.8. The summed E-state index contributed by atoms with van der Waals surface area (Å²) in [6.45, 7) is 0.760. The van der Waals surface area contributed by atoms with Gasteiger partial charge in [-0.15, -0.1) is 0 Å². The molecule has 1 aromatic carbocycles. The van der Waals surface area contributed by atoms with Gasteiger partial charge in [-0.05, 0) is 17.7 Å². The molecule has 0 aromatic heterocycles. The molecule has 112 valence electrons. The summed E-state index contributed by atoms with van der Waals surface area (Å²) in [5.41, 5.74) is 0.995. The van der Waals surface area contributed by atoms with Crippen LogP contribution in [0.25, 0.3) is 0 Å². The van der Waals surface area contributed by atoms with Crippen LogP contribution in [0.5, 0.6) is 11.5 Å². The van der Waals surface area contributed by atoms with Crippen molar-refractivity contribution in [3.63, 3.8) is 0 Å². The summed E-state index contributed by atoms with van der Waals surface area (Å²) in [5, 5.41) is 8.53. The van der Waals surface area contributed by atoms with E-state index in [1.54, 1.807) is 0 Å². The van der Waals surface area contributed by atoms with E-state index in [4.69, 9.17) is 14.9 Å². The lowest BCUT2D eigenvalue weighted by Crippen LogP contribution is -2.36. The van der Waals surface area contributed by atoms with Crippen LogP contribution >= 0.6 is 11.8 Å². The molecule has 0 unspecified atom stereocenters. The van der Waals surface area contributed by atoms with Crippen molar-refractivity contribution in [2.45, 2.75) is 17.8 Å². The highest BCUT2D eigenvalue weighted by Crippen LogP contribution is 2.39. The van der Waals surface area contributed by atoms with Crippen molar-refractivity contribution in [1.82, 2.24) is 4.90 Å². The molecule has 3 heterocycles. The zero-order valence-electron chi connectivity index (χ0n) is 11.1. The number of hydrogen-bond acceptors (Lipinski definition) is 6. The Bertz CT molecular complexity index is 719. The van der Waals surface area contributed by atoms with Gasteiger partial charge in [-0.3, -0.25) is 5.41 Å². The van der Waals surface area contributed by atoms with Gasteiger partial charge in [0.25, 0.3) is 0 Å². The highest BCUT2D eigenvalue weighted by molar-refractivity contribution is 8.15.